The van der Waals surface area contributed by atoms with Crippen molar-refractivity contribution in [1.82, 2.24) is 0 Å². The molecule has 2 rings (SSSR count). The first-order chi connectivity index (χ1) is 10.8. The zero-order chi connectivity index (χ0) is 17.3. The topological polar surface area (TPSA) is 78.6 Å². The standard InChI is InChI=1S/C16H23NO4S2/c1-4-21-10-16(15(17)22)13(14(16)23(18,19)5-2)11-6-8-12(20-3)9-7-11/h6-9,13-14H,4-5,10H2,1-3H3,(H2,17,22)/t13-,14+,16-/m1/s1. The van der Waals surface area contributed by atoms with E-state index >= 15 is 0 Å². The Morgan fingerprint density at radius 3 is 2.35 bits per heavy atom. The van der Waals surface area contributed by atoms with Crippen LogP contribution in [-0.2, 0) is 14.6 Å². The maximum atomic E-state index is 12.6. The van der Waals surface area contributed by atoms with Crippen molar-refractivity contribution in [2.24, 2.45) is 11.1 Å². The Balaban J connectivity index is 2.46. The molecule has 0 spiro atoms. The first-order valence-electron chi connectivity index (χ1n) is 7.58. The molecule has 0 amide bonds. The Morgan fingerprint density at radius 1 is 1.30 bits per heavy atom. The van der Waals surface area contributed by atoms with Gasteiger partial charge in [-0.1, -0.05) is 31.3 Å². The summed E-state index contributed by atoms with van der Waals surface area (Å²) in [6.07, 6.45) is 0. The summed E-state index contributed by atoms with van der Waals surface area (Å²) in [6, 6.07) is 7.36. The number of sulfone groups is 1. The lowest BCUT2D eigenvalue weighted by Crippen LogP contribution is -2.34. The second-order valence-corrected chi connectivity index (χ2v) is 8.52. The molecule has 1 saturated carbocycles. The zero-order valence-electron chi connectivity index (χ0n) is 13.6. The van der Waals surface area contributed by atoms with Gasteiger partial charge in [0.15, 0.2) is 9.84 Å². The van der Waals surface area contributed by atoms with Crippen LogP contribution in [0.1, 0.15) is 25.3 Å². The van der Waals surface area contributed by atoms with Gasteiger partial charge >= 0.3 is 0 Å². The largest absolute Gasteiger partial charge is 0.497 e. The van der Waals surface area contributed by atoms with Gasteiger partial charge < -0.3 is 15.2 Å². The van der Waals surface area contributed by atoms with Crippen LogP contribution in [0.3, 0.4) is 0 Å². The lowest BCUT2D eigenvalue weighted by molar-refractivity contribution is 0.121. The summed E-state index contributed by atoms with van der Waals surface area (Å²) in [5, 5.41) is -0.627. The summed E-state index contributed by atoms with van der Waals surface area (Å²) in [6.45, 7) is 4.21. The van der Waals surface area contributed by atoms with Crippen LogP contribution in [0, 0.1) is 5.41 Å². The molecule has 1 aliphatic rings. The normalized spacial score (nSPS) is 26.7. The molecule has 5 nitrogen and oxygen atoms in total. The highest BCUT2D eigenvalue weighted by atomic mass is 32.2. The van der Waals surface area contributed by atoms with Gasteiger partial charge in [-0.2, -0.15) is 0 Å². The minimum absolute atomic E-state index is 0.0564. The maximum Gasteiger partial charge on any atom is 0.154 e. The summed E-state index contributed by atoms with van der Waals surface area (Å²) in [5.74, 6) is 0.498. The molecular weight excluding hydrogens is 334 g/mol. The van der Waals surface area contributed by atoms with Gasteiger partial charge in [-0.15, -0.1) is 0 Å². The second-order valence-electron chi connectivity index (χ2n) is 5.66. The number of hydrogen-bond donors (Lipinski definition) is 1. The summed E-state index contributed by atoms with van der Waals surface area (Å²) in [4.78, 5) is 0.203. The number of benzene rings is 1. The van der Waals surface area contributed by atoms with E-state index in [1.54, 1.807) is 14.0 Å². The fourth-order valence-corrected chi connectivity index (χ4v) is 5.67. The van der Waals surface area contributed by atoms with Gasteiger partial charge in [-0.3, -0.25) is 0 Å². The molecule has 0 aliphatic heterocycles. The molecule has 2 N–H and O–H groups in total. The summed E-state index contributed by atoms with van der Waals surface area (Å²) in [7, 11) is -1.71. The van der Waals surface area contributed by atoms with Gasteiger partial charge in [0, 0.05) is 18.3 Å². The quantitative estimate of drug-likeness (QED) is 0.716. The number of methoxy groups -OCH3 is 1. The first kappa shape index (κ1) is 18.2. The van der Waals surface area contributed by atoms with Crippen LogP contribution in [0.15, 0.2) is 24.3 Å². The maximum absolute atomic E-state index is 12.6. The Morgan fingerprint density at radius 2 is 1.91 bits per heavy atom. The Kier molecular flexibility index (Phi) is 5.33. The van der Waals surface area contributed by atoms with Crippen molar-refractivity contribution in [2.75, 3.05) is 26.1 Å². The molecule has 23 heavy (non-hydrogen) atoms. The third-order valence-electron chi connectivity index (χ3n) is 4.52. The van der Waals surface area contributed by atoms with Crippen LogP contribution >= 0.6 is 12.2 Å². The molecule has 7 heteroatoms. The smallest absolute Gasteiger partial charge is 0.154 e. The molecule has 0 unspecified atom stereocenters. The fourth-order valence-electron chi connectivity index (χ4n) is 3.20. The summed E-state index contributed by atoms with van der Waals surface area (Å²) >= 11 is 5.24. The number of hydrogen-bond acceptors (Lipinski definition) is 5. The van der Waals surface area contributed by atoms with Crippen LogP contribution < -0.4 is 10.5 Å². The molecular formula is C16H23NO4S2. The van der Waals surface area contributed by atoms with E-state index in [2.05, 4.69) is 0 Å². The van der Waals surface area contributed by atoms with E-state index in [0.717, 1.165) is 11.3 Å². The molecule has 1 aromatic rings. The molecule has 0 heterocycles. The molecule has 1 fully saturated rings. The predicted octanol–water partition coefficient (Wildman–Crippen LogP) is 1.90. The predicted molar refractivity (Wildman–Crippen MR) is 94.7 cm³/mol. The Bertz CT molecular complexity index is 672. The summed E-state index contributed by atoms with van der Waals surface area (Å²) < 4.78 is 35.8. The molecule has 0 radical (unpaired) electrons. The van der Waals surface area contributed by atoms with E-state index in [1.807, 2.05) is 31.2 Å². The minimum Gasteiger partial charge on any atom is -0.497 e. The molecule has 0 aromatic heterocycles. The number of ether oxygens (including phenoxy) is 2. The van der Waals surface area contributed by atoms with Crippen LogP contribution in [-0.4, -0.2) is 44.7 Å². The van der Waals surface area contributed by atoms with Gasteiger partial charge in [0.25, 0.3) is 0 Å². The van der Waals surface area contributed by atoms with Gasteiger partial charge in [0.1, 0.15) is 5.75 Å². The van der Waals surface area contributed by atoms with Crippen molar-refractivity contribution in [3.8, 4) is 5.75 Å². The van der Waals surface area contributed by atoms with Crippen molar-refractivity contribution >= 4 is 27.0 Å². The Hall–Kier alpha value is -1.18. The highest BCUT2D eigenvalue weighted by Crippen LogP contribution is 2.63. The molecule has 0 saturated heterocycles. The van der Waals surface area contributed by atoms with E-state index in [4.69, 9.17) is 27.4 Å². The van der Waals surface area contributed by atoms with E-state index in [9.17, 15) is 8.42 Å². The van der Waals surface area contributed by atoms with Crippen LogP contribution in [0.2, 0.25) is 0 Å². The first-order valence-corrected chi connectivity index (χ1v) is 9.70. The van der Waals surface area contributed by atoms with Gasteiger partial charge in [0.2, 0.25) is 0 Å². The van der Waals surface area contributed by atoms with Crippen molar-refractivity contribution in [1.29, 1.82) is 0 Å². The fraction of sp³-hybridized carbons (Fsp3) is 0.562. The molecule has 0 bridgehead atoms. The summed E-state index contributed by atoms with van der Waals surface area (Å²) in [5.41, 5.74) is 6.03. The van der Waals surface area contributed by atoms with Crippen molar-refractivity contribution < 1.29 is 17.9 Å². The lowest BCUT2D eigenvalue weighted by atomic mass is 10.00. The number of rotatable bonds is 8. The SMILES string of the molecule is CCOC[C@@]1(C(N)=S)[C@H](c2ccc(OC)cc2)[C@@H]1S(=O)(=O)CC. The average Bonchev–Trinajstić information content (AvgIpc) is 3.24. The lowest BCUT2D eigenvalue weighted by Gasteiger charge is -2.16. The van der Waals surface area contributed by atoms with Crippen LogP contribution in [0.25, 0.3) is 0 Å². The van der Waals surface area contributed by atoms with E-state index in [1.165, 1.54) is 0 Å². The minimum atomic E-state index is -3.30. The Labute approximate surface area is 143 Å². The van der Waals surface area contributed by atoms with Gasteiger partial charge in [0.05, 0.1) is 29.4 Å². The van der Waals surface area contributed by atoms with E-state index < -0.39 is 20.5 Å². The van der Waals surface area contributed by atoms with Gasteiger partial charge in [-0.25, -0.2) is 8.42 Å². The highest BCUT2D eigenvalue weighted by molar-refractivity contribution is 7.92. The third-order valence-corrected chi connectivity index (χ3v) is 7.18. The van der Waals surface area contributed by atoms with E-state index in [0.29, 0.717) is 6.61 Å². The van der Waals surface area contributed by atoms with Crippen LogP contribution in [0.5, 0.6) is 5.75 Å². The van der Waals surface area contributed by atoms with E-state index in [-0.39, 0.29) is 23.3 Å². The zero-order valence-corrected chi connectivity index (χ0v) is 15.2. The van der Waals surface area contributed by atoms with Crippen molar-refractivity contribution in [3.05, 3.63) is 29.8 Å². The highest BCUT2D eigenvalue weighted by Gasteiger charge is 2.72. The third kappa shape index (κ3) is 3.09. The molecule has 3 atom stereocenters. The van der Waals surface area contributed by atoms with Gasteiger partial charge in [-0.05, 0) is 24.6 Å². The van der Waals surface area contributed by atoms with Crippen LogP contribution in [0.4, 0.5) is 0 Å². The van der Waals surface area contributed by atoms with Crippen molar-refractivity contribution in [3.63, 3.8) is 0 Å². The second kappa shape index (κ2) is 6.75. The van der Waals surface area contributed by atoms with Crippen molar-refractivity contribution in [2.45, 2.75) is 25.0 Å². The monoisotopic (exact) mass is 357 g/mol. The number of thiocarbonyl (C=S) groups is 1. The average molecular weight is 357 g/mol. The molecule has 1 aliphatic carbocycles. The molecule has 128 valence electrons. The number of nitrogens with two attached hydrogens (primary N) is 1. The molecule has 1 aromatic carbocycles.